The second kappa shape index (κ2) is 4.46. The SMILES string of the molecule is COCC1(O)CCCN(SC)C1. The van der Waals surface area contributed by atoms with E-state index in [1.807, 2.05) is 6.26 Å². The van der Waals surface area contributed by atoms with E-state index in [-0.39, 0.29) is 0 Å². The van der Waals surface area contributed by atoms with Gasteiger partial charge < -0.3 is 9.84 Å². The summed E-state index contributed by atoms with van der Waals surface area (Å²) < 4.78 is 7.17. The maximum absolute atomic E-state index is 9.99. The van der Waals surface area contributed by atoms with Crippen molar-refractivity contribution in [1.82, 2.24) is 4.31 Å². The highest BCUT2D eigenvalue weighted by molar-refractivity contribution is 7.96. The van der Waals surface area contributed by atoms with E-state index in [0.717, 1.165) is 25.9 Å². The largest absolute Gasteiger partial charge is 0.386 e. The number of β-amino-alcohol motifs (C(OH)–C–C–N with tert-alkyl or cyclic N) is 1. The summed E-state index contributed by atoms with van der Waals surface area (Å²) in [6.45, 7) is 2.25. The van der Waals surface area contributed by atoms with Crippen LogP contribution in [0.1, 0.15) is 12.8 Å². The van der Waals surface area contributed by atoms with Gasteiger partial charge in [0.2, 0.25) is 0 Å². The lowest BCUT2D eigenvalue weighted by atomic mass is 9.95. The zero-order chi connectivity index (χ0) is 9.03. The van der Waals surface area contributed by atoms with Gasteiger partial charge >= 0.3 is 0 Å². The number of hydrogen-bond acceptors (Lipinski definition) is 4. The molecule has 1 atom stereocenters. The van der Waals surface area contributed by atoms with Crippen molar-refractivity contribution in [3.05, 3.63) is 0 Å². The summed E-state index contributed by atoms with van der Waals surface area (Å²) in [7, 11) is 1.63. The van der Waals surface area contributed by atoms with Crippen LogP contribution in [0.25, 0.3) is 0 Å². The Hall–Kier alpha value is 0.230. The van der Waals surface area contributed by atoms with Crippen LogP contribution in [0.2, 0.25) is 0 Å². The molecular formula is C8H17NO2S. The Morgan fingerprint density at radius 2 is 2.42 bits per heavy atom. The van der Waals surface area contributed by atoms with Crippen molar-refractivity contribution in [3.8, 4) is 0 Å². The normalized spacial score (nSPS) is 32.2. The van der Waals surface area contributed by atoms with Crippen LogP contribution in [0.5, 0.6) is 0 Å². The Morgan fingerprint density at radius 1 is 1.67 bits per heavy atom. The minimum atomic E-state index is -0.615. The number of nitrogens with zero attached hydrogens (tertiary/aromatic N) is 1. The minimum absolute atomic E-state index is 0.448. The van der Waals surface area contributed by atoms with Crippen LogP contribution in [-0.2, 0) is 4.74 Å². The first-order chi connectivity index (χ1) is 5.70. The molecule has 0 radical (unpaired) electrons. The van der Waals surface area contributed by atoms with Gasteiger partial charge in [-0.1, -0.05) is 11.9 Å². The highest BCUT2D eigenvalue weighted by Gasteiger charge is 2.32. The fourth-order valence-electron chi connectivity index (χ4n) is 1.61. The quantitative estimate of drug-likeness (QED) is 0.667. The van der Waals surface area contributed by atoms with Crippen molar-refractivity contribution >= 4 is 11.9 Å². The highest BCUT2D eigenvalue weighted by Crippen LogP contribution is 2.24. The van der Waals surface area contributed by atoms with E-state index in [0.29, 0.717) is 6.61 Å². The van der Waals surface area contributed by atoms with Crippen LogP contribution in [0, 0.1) is 0 Å². The van der Waals surface area contributed by atoms with Gasteiger partial charge in [0, 0.05) is 20.2 Å². The van der Waals surface area contributed by atoms with E-state index in [1.54, 1.807) is 19.1 Å². The van der Waals surface area contributed by atoms with Gasteiger partial charge in [-0.25, -0.2) is 4.31 Å². The van der Waals surface area contributed by atoms with Crippen LogP contribution in [0.4, 0.5) is 0 Å². The Bertz CT molecular complexity index is 141. The van der Waals surface area contributed by atoms with E-state index < -0.39 is 5.60 Å². The maximum atomic E-state index is 9.99. The van der Waals surface area contributed by atoms with Gasteiger partial charge in [0.25, 0.3) is 0 Å². The molecule has 4 heteroatoms. The zero-order valence-electron chi connectivity index (χ0n) is 7.75. The van der Waals surface area contributed by atoms with E-state index in [4.69, 9.17) is 4.74 Å². The molecule has 3 nitrogen and oxygen atoms in total. The van der Waals surface area contributed by atoms with Gasteiger partial charge in [-0.2, -0.15) is 0 Å². The van der Waals surface area contributed by atoms with Crippen LogP contribution in [0.3, 0.4) is 0 Å². The summed E-state index contributed by atoms with van der Waals surface area (Å²) in [6, 6.07) is 0. The molecule has 1 heterocycles. The molecule has 0 aromatic carbocycles. The monoisotopic (exact) mass is 191 g/mol. The fourth-order valence-corrected chi connectivity index (χ4v) is 2.29. The van der Waals surface area contributed by atoms with Crippen LogP contribution in [0.15, 0.2) is 0 Å². The first kappa shape index (κ1) is 10.3. The Balaban J connectivity index is 2.43. The first-order valence-electron chi connectivity index (χ1n) is 4.20. The fraction of sp³-hybridized carbons (Fsp3) is 1.00. The van der Waals surface area contributed by atoms with E-state index >= 15 is 0 Å². The first-order valence-corrected chi connectivity index (χ1v) is 5.39. The van der Waals surface area contributed by atoms with Crippen molar-refractivity contribution < 1.29 is 9.84 Å². The van der Waals surface area contributed by atoms with Crippen LogP contribution in [-0.4, -0.2) is 48.1 Å². The summed E-state index contributed by atoms with van der Waals surface area (Å²) in [5.74, 6) is 0. The lowest BCUT2D eigenvalue weighted by molar-refractivity contribution is -0.0604. The molecule has 1 N–H and O–H groups in total. The van der Waals surface area contributed by atoms with E-state index in [2.05, 4.69) is 4.31 Å². The Labute approximate surface area is 78.2 Å². The summed E-state index contributed by atoms with van der Waals surface area (Å²) in [6.07, 6.45) is 3.96. The second-order valence-electron chi connectivity index (χ2n) is 3.31. The third kappa shape index (κ3) is 2.62. The number of rotatable bonds is 3. The summed E-state index contributed by atoms with van der Waals surface area (Å²) in [5, 5.41) is 9.99. The predicted molar refractivity (Wildman–Crippen MR) is 51.1 cm³/mol. The minimum Gasteiger partial charge on any atom is -0.386 e. The number of aliphatic hydroxyl groups is 1. The van der Waals surface area contributed by atoms with Gasteiger partial charge in [-0.3, -0.25) is 0 Å². The molecule has 12 heavy (non-hydrogen) atoms. The third-order valence-corrected chi connectivity index (χ3v) is 3.02. The Kier molecular flexibility index (Phi) is 3.83. The van der Waals surface area contributed by atoms with Crippen molar-refractivity contribution in [2.45, 2.75) is 18.4 Å². The molecule has 0 saturated carbocycles. The average molecular weight is 191 g/mol. The molecule has 1 unspecified atom stereocenters. The molecule has 0 aromatic rings. The predicted octanol–water partition coefficient (Wildman–Crippen LogP) is 0.738. The molecule has 0 aliphatic carbocycles. The number of methoxy groups -OCH3 is 1. The molecular weight excluding hydrogens is 174 g/mol. The molecule has 0 bridgehead atoms. The third-order valence-electron chi connectivity index (χ3n) is 2.19. The molecule has 1 saturated heterocycles. The standard InChI is InChI=1S/C8H17NO2S/c1-11-7-8(10)4-3-5-9(6-8)12-2/h10H,3-7H2,1-2H3. The van der Waals surface area contributed by atoms with Gasteiger partial charge in [0.05, 0.1) is 6.61 Å². The summed E-state index contributed by atoms with van der Waals surface area (Å²) >= 11 is 1.69. The lowest BCUT2D eigenvalue weighted by Gasteiger charge is -2.37. The molecule has 1 aliphatic heterocycles. The van der Waals surface area contributed by atoms with Gasteiger partial charge in [-0.05, 0) is 19.1 Å². The molecule has 0 spiro atoms. The smallest absolute Gasteiger partial charge is 0.102 e. The van der Waals surface area contributed by atoms with Crippen molar-refractivity contribution in [2.24, 2.45) is 0 Å². The van der Waals surface area contributed by atoms with Crippen LogP contribution < -0.4 is 0 Å². The van der Waals surface area contributed by atoms with Crippen molar-refractivity contribution in [3.63, 3.8) is 0 Å². The van der Waals surface area contributed by atoms with Gasteiger partial charge in [-0.15, -0.1) is 0 Å². The number of hydrogen-bond donors (Lipinski definition) is 1. The topological polar surface area (TPSA) is 32.7 Å². The number of piperidine rings is 1. The van der Waals surface area contributed by atoms with E-state index in [1.165, 1.54) is 0 Å². The molecule has 1 aliphatic rings. The maximum Gasteiger partial charge on any atom is 0.102 e. The molecule has 1 fully saturated rings. The number of ether oxygens (including phenoxy) is 1. The molecule has 1 rings (SSSR count). The van der Waals surface area contributed by atoms with Gasteiger partial charge in [0.15, 0.2) is 0 Å². The van der Waals surface area contributed by atoms with Crippen molar-refractivity contribution in [2.75, 3.05) is 33.1 Å². The highest BCUT2D eigenvalue weighted by atomic mass is 32.2. The molecule has 0 aromatic heterocycles. The summed E-state index contributed by atoms with van der Waals surface area (Å²) in [5.41, 5.74) is -0.615. The van der Waals surface area contributed by atoms with Gasteiger partial charge in [0.1, 0.15) is 5.60 Å². The molecule has 72 valence electrons. The summed E-state index contributed by atoms with van der Waals surface area (Å²) in [4.78, 5) is 0. The Morgan fingerprint density at radius 3 is 3.00 bits per heavy atom. The van der Waals surface area contributed by atoms with Crippen molar-refractivity contribution in [1.29, 1.82) is 0 Å². The van der Waals surface area contributed by atoms with E-state index in [9.17, 15) is 5.11 Å². The molecule has 0 amide bonds. The lowest BCUT2D eigenvalue weighted by Crippen LogP contribution is -2.48. The average Bonchev–Trinajstić information content (AvgIpc) is 2.04. The second-order valence-corrected chi connectivity index (χ2v) is 4.19. The zero-order valence-corrected chi connectivity index (χ0v) is 8.56. The van der Waals surface area contributed by atoms with Crippen LogP contribution >= 0.6 is 11.9 Å².